The number of hydrogen-bond acceptors (Lipinski definition) is 3. The zero-order valence-electron chi connectivity index (χ0n) is 27.7. The molecule has 0 fully saturated rings. The lowest BCUT2D eigenvalue weighted by molar-refractivity contribution is -0.247. The van der Waals surface area contributed by atoms with Gasteiger partial charge in [0.05, 0.1) is 0 Å². The Bertz CT molecular complexity index is 499. The average Bonchev–Trinajstić information content (AvgIpc) is 2.77. The van der Waals surface area contributed by atoms with Crippen LogP contribution in [0, 0.1) is 35.5 Å². The van der Waals surface area contributed by atoms with Crippen molar-refractivity contribution >= 4 is 45.2 Å². The molecule has 0 aromatic carbocycles. The van der Waals surface area contributed by atoms with E-state index in [2.05, 4.69) is 114 Å². The summed E-state index contributed by atoms with van der Waals surface area (Å²) < 4.78 is 20.0. The first-order valence-electron chi connectivity index (χ1n) is 16.5. The Balaban J connectivity index is 4.46. The third-order valence-electron chi connectivity index (χ3n) is 7.96. The fourth-order valence-electron chi connectivity index (χ4n) is 6.67. The quantitative estimate of drug-likeness (QED) is 0.0497. The van der Waals surface area contributed by atoms with Crippen LogP contribution in [0.25, 0.3) is 0 Å². The van der Waals surface area contributed by atoms with E-state index >= 15 is 0 Å². The molecule has 0 spiro atoms. The van der Waals surface area contributed by atoms with Crippen molar-refractivity contribution in [2.45, 2.75) is 167 Å². The van der Waals surface area contributed by atoms with E-state index < -0.39 is 0 Å². The van der Waals surface area contributed by atoms with Crippen molar-refractivity contribution in [3.05, 3.63) is 0 Å². The fourth-order valence-corrected chi connectivity index (χ4v) is 8.40. The number of alkyl halides is 2. The molecule has 0 heterocycles. The standard InChI is InChI=1S/C34H68I2O3/c1-11-37-33(17-13-15-25(3)19-27(5)21-29(7)23-31(9)35)39-34(38-12-2)18-14-16-26(4)20-28(6)22-30(8)24-32(10)36/h25-34H,11-24H2,1-10H3. The predicted molar refractivity (Wildman–Crippen MR) is 189 cm³/mol. The van der Waals surface area contributed by atoms with Gasteiger partial charge >= 0.3 is 0 Å². The SMILES string of the molecule is CCOC(CCCC(C)CC(C)CC(C)CC(C)I)OC(CCCC(C)CC(C)CC(C)CC(C)I)OCC. The van der Waals surface area contributed by atoms with Gasteiger partial charge in [0, 0.05) is 21.1 Å². The number of hydrogen-bond donors (Lipinski definition) is 0. The Morgan fingerprint density at radius 2 is 0.744 bits per heavy atom. The monoisotopic (exact) mass is 778 g/mol. The van der Waals surface area contributed by atoms with Crippen LogP contribution in [0.1, 0.15) is 146 Å². The second-order valence-electron chi connectivity index (χ2n) is 13.4. The maximum absolute atomic E-state index is 6.39. The van der Waals surface area contributed by atoms with Crippen LogP contribution in [-0.4, -0.2) is 33.6 Å². The molecule has 39 heavy (non-hydrogen) atoms. The van der Waals surface area contributed by atoms with Gasteiger partial charge in [-0.15, -0.1) is 0 Å². The smallest absolute Gasteiger partial charge is 0.160 e. The molecule has 0 aliphatic carbocycles. The summed E-state index contributed by atoms with van der Waals surface area (Å²) in [5.41, 5.74) is 0. The van der Waals surface area contributed by atoms with Gasteiger partial charge in [0.25, 0.3) is 0 Å². The lowest BCUT2D eigenvalue weighted by atomic mass is 9.86. The van der Waals surface area contributed by atoms with E-state index in [-0.39, 0.29) is 12.6 Å². The van der Waals surface area contributed by atoms with Crippen LogP contribution in [0.15, 0.2) is 0 Å². The van der Waals surface area contributed by atoms with Crippen LogP contribution in [0.3, 0.4) is 0 Å². The van der Waals surface area contributed by atoms with Crippen molar-refractivity contribution in [3.63, 3.8) is 0 Å². The molecule has 5 heteroatoms. The predicted octanol–water partition coefficient (Wildman–Crippen LogP) is 11.9. The van der Waals surface area contributed by atoms with Crippen LogP contribution in [0.5, 0.6) is 0 Å². The summed E-state index contributed by atoms with van der Waals surface area (Å²) in [6.07, 6.45) is 14.5. The molecule has 10 atom stereocenters. The highest BCUT2D eigenvalue weighted by molar-refractivity contribution is 14.1. The van der Waals surface area contributed by atoms with Gasteiger partial charge in [-0.2, -0.15) is 0 Å². The van der Waals surface area contributed by atoms with Crippen molar-refractivity contribution in [1.82, 2.24) is 0 Å². The Hall–Kier alpha value is 1.34. The van der Waals surface area contributed by atoms with E-state index in [4.69, 9.17) is 14.2 Å². The molecule has 0 aliphatic heterocycles. The first-order valence-corrected chi connectivity index (χ1v) is 19.0. The molecule has 10 unspecified atom stereocenters. The molecule has 0 N–H and O–H groups in total. The van der Waals surface area contributed by atoms with Crippen LogP contribution >= 0.6 is 45.2 Å². The minimum absolute atomic E-state index is 0.152. The Labute approximate surface area is 273 Å². The van der Waals surface area contributed by atoms with Crippen LogP contribution < -0.4 is 0 Å². The maximum Gasteiger partial charge on any atom is 0.160 e. The lowest BCUT2D eigenvalue weighted by Crippen LogP contribution is -2.27. The summed E-state index contributed by atoms with van der Waals surface area (Å²) in [7, 11) is 0. The van der Waals surface area contributed by atoms with Crippen molar-refractivity contribution in [3.8, 4) is 0 Å². The van der Waals surface area contributed by atoms with E-state index in [1.165, 1.54) is 51.4 Å². The zero-order valence-corrected chi connectivity index (χ0v) is 32.0. The fraction of sp³-hybridized carbons (Fsp3) is 1.00. The second kappa shape index (κ2) is 24.7. The highest BCUT2D eigenvalue weighted by atomic mass is 127. The Morgan fingerprint density at radius 3 is 1.05 bits per heavy atom. The molecular formula is C34H68I2O3. The van der Waals surface area contributed by atoms with Crippen molar-refractivity contribution in [2.75, 3.05) is 13.2 Å². The minimum Gasteiger partial charge on any atom is -0.353 e. The van der Waals surface area contributed by atoms with E-state index in [0.717, 1.165) is 69.0 Å². The van der Waals surface area contributed by atoms with E-state index in [0.29, 0.717) is 13.2 Å². The van der Waals surface area contributed by atoms with Gasteiger partial charge in [-0.1, -0.05) is 113 Å². The minimum atomic E-state index is -0.152. The van der Waals surface area contributed by atoms with Crippen LogP contribution in [0.4, 0.5) is 0 Å². The molecule has 3 nitrogen and oxygen atoms in total. The van der Waals surface area contributed by atoms with Crippen molar-refractivity contribution in [2.24, 2.45) is 35.5 Å². The highest BCUT2D eigenvalue weighted by Crippen LogP contribution is 2.28. The van der Waals surface area contributed by atoms with Crippen molar-refractivity contribution < 1.29 is 14.2 Å². The van der Waals surface area contributed by atoms with Gasteiger partial charge in [0.2, 0.25) is 0 Å². The van der Waals surface area contributed by atoms with Crippen LogP contribution in [0.2, 0.25) is 0 Å². The third kappa shape index (κ3) is 24.5. The molecule has 0 saturated heterocycles. The summed E-state index contributed by atoms with van der Waals surface area (Å²) >= 11 is 5.12. The van der Waals surface area contributed by atoms with E-state index in [1.807, 2.05) is 0 Å². The van der Waals surface area contributed by atoms with Crippen LogP contribution in [-0.2, 0) is 14.2 Å². The molecule has 0 amide bonds. The molecule has 0 rings (SSSR count). The lowest BCUT2D eigenvalue weighted by Gasteiger charge is -2.26. The zero-order chi connectivity index (χ0) is 29.8. The summed E-state index contributed by atoms with van der Waals surface area (Å²) in [5, 5.41) is 0. The molecule has 0 radical (unpaired) electrons. The van der Waals surface area contributed by atoms with Gasteiger partial charge < -0.3 is 14.2 Å². The largest absolute Gasteiger partial charge is 0.353 e. The Morgan fingerprint density at radius 1 is 0.436 bits per heavy atom. The van der Waals surface area contributed by atoms with E-state index in [9.17, 15) is 0 Å². The van der Waals surface area contributed by atoms with Gasteiger partial charge in [-0.3, -0.25) is 0 Å². The summed E-state index contributed by atoms with van der Waals surface area (Å²) in [4.78, 5) is 0. The van der Waals surface area contributed by atoms with E-state index in [1.54, 1.807) is 0 Å². The molecule has 0 bridgehead atoms. The summed E-state index contributed by atoms with van der Waals surface area (Å²) in [5.74, 6) is 4.78. The molecule has 0 aromatic rings. The number of ether oxygens (including phenoxy) is 3. The molecule has 236 valence electrons. The maximum atomic E-state index is 6.39. The van der Waals surface area contributed by atoms with Gasteiger partial charge in [0.1, 0.15) is 0 Å². The van der Waals surface area contributed by atoms with Gasteiger partial charge in [0.15, 0.2) is 12.6 Å². The Kier molecular flexibility index (Phi) is 25.6. The topological polar surface area (TPSA) is 27.7 Å². The molecular weight excluding hydrogens is 710 g/mol. The average molecular weight is 779 g/mol. The summed E-state index contributed by atoms with van der Waals surface area (Å²) in [6, 6.07) is 0. The number of halogens is 2. The molecule has 0 aliphatic rings. The third-order valence-corrected chi connectivity index (χ3v) is 8.97. The van der Waals surface area contributed by atoms with Gasteiger partial charge in [-0.05, 0) is 114 Å². The van der Waals surface area contributed by atoms with Gasteiger partial charge in [-0.25, -0.2) is 0 Å². The van der Waals surface area contributed by atoms with Crippen molar-refractivity contribution in [1.29, 1.82) is 0 Å². The first kappa shape index (κ1) is 40.3. The molecule has 0 saturated carbocycles. The molecule has 0 aromatic heterocycles. The number of rotatable bonds is 26. The first-order chi connectivity index (χ1) is 18.4. The highest BCUT2D eigenvalue weighted by Gasteiger charge is 2.20. The second-order valence-corrected chi connectivity index (χ2v) is 17.6. The summed E-state index contributed by atoms with van der Waals surface area (Å²) in [6.45, 7) is 24.7. The normalized spacial score (nSPS) is 20.0.